The molecular weight excluding hydrogens is 220 g/mol. The molecule has 0 saturated heterocycles. The quantitative estimate of drug-likeness (QED) is 0.893. The molecular formula is C16H20N2. The molecule has 94 valence electrons. The highest BCUT2D eigenvalue weighted by Crippen LogP contribution is 2.29. The second-order valence-corrected chi connectivity index (χ2v) is 4.85. The molecule has 2 rings (SSSR count). The predicted molar refractivity (Wildman–Crippen MR) is 78.0 cm³/mol. The third-order valence-corrected chi connectivity index (χ3v) is 3.16. The Morgan fingerprint density at radius 2 is 1.67 bits per heavy atom. The Morgan fingerprint density at radius 3 is 2.28 bits per heavy atom. The largest absolute Gasteiger partial charge is 0.377 e. The zero-order valence-electron chi connectivity index (χ0n) is 11.2. The third-order valence-electron chi connectivity index (χ3n) is 3.16. The molecule has 2 heteroatoms. The molecule has 0 aliphatic heterocycles. The Kier molecular flexibility index (Phi) is 3.68. The third kappa shape index (κ3) is 2.54. The molecule has 2 N–H and O–H groups in total. The first kappa shape index (κ1) is 12.7. The molecule has 0 spiro atoms. The van der Waals surface area contributed by atoms with Gasteiger partial charge in [-0.3, -0.25) is 0 Å². The molecule has 2 nitrogen and oxygen atoms in total. The molecule has 0 aliphatic rings. The van der Waals surface area contributed by atoms with Crippen LogP contribution in [0.4, 0.5) is 5.69 Å². The van der Waals surface area contributed by atoms with Crippen LogP contribution in [0.5, 0.6) is 0 Å². The fourth-order valence-electron chi connectivity index (χ4n) is 2.14. The lowest BCUT2D eigenvalue weighted by Gasteiger charge is -2.22. The van der Waals surface area contributed by atoms with Gasteiger partial charge < -0.3 is 10.6 Å². The van der Waals surface area contributed by atoms with Gasteiger partial charge in [0.25, 0.3) is 0 Å². The smallest absolute Gasteiger partial charge is 0.0572 e. The summed E-state index contributed by atoms with van der Waals surface area (Å²) in [6.45, 7) is 2.10. The van der Waals surface area contributed by atoms with Crippen molar-refractivity contribution in [3.05, 3.63) is 65.2 Å². The highest BCUT2D eigenvalue weighted by atomic mass is 15.1. The molecule has 18 heavy (non-hydrogen) atoms. The number of anilines is 1. The first-order chi connectivity index (χ1) is 8.59. The lowest BCUT2D eigenvalue weighted by atomic mass is 9.96. The number of aryl methyl sites for hydroxylation is 1. The van der Waals surface area contributed by atoms with Gasteiger partial charge in [0.15, 0.2) is 0 Å². The van der Waals surface area contributed by atoms with Crippen LogP contribution in [-0.2, 0) is 0 Å². The van der Waals surface area contributed by atoms with Gasteiger partial charge in [-0.1, -0.05) is 42.5 Å². The van der Waals surface area contributed by atoms with Crippen LogP contribution in [0.15, 0.2) is 48.5 Å². The summed E-state index contributed by atoms with van der Waals surface area (Å²) in [5, 5.41) is 0. The maximum absolute atomic E-state index is 6.38. The first-order valence-corrected chi connectivity index (χ1v) is 6.18. The molecule has 2 aromatic carbocycles. The van der Waals surface area contributed by atoms with Crippen molar-refractivity contribution in [2.75, 3.05) is 19.0 Å². The first-order valence-electron chi connectivity index (χ1n) is 6.18. The van der Waals surface area contributed by atoms with Gasteiger partial charge in [0.05, 0.1) is 6.04 Å². The van der Waals surface area contributed by atoms with Gasteiger partial charge in [0.1, 0.15) is 0 Å². The van der Waals surface area contributed by atoms with Gasteiger partial charge in [-0.05, 0) is 29.7 Å². The van der Waals surface area contributed by atoms with E-state index in [0.717, 1.165) is 11.1 Å². The van der Waals surface area contributed by atoms with Gasteiger partial charge in [-0.25, -0.2) is 0 Å². The minimum Gasteiger partial charge on any atom is -0.377 e. The zero-order chi connectivity index (χ0) is 13.1. The Labute approximate surface area is 109 Å². The fraction of sp³-hybridized carbons (Fsp3) is 0.250. The molecule has 2 aromatic rings. The van der Waals surface area contributed by atoms with E-state index in [9.17, 15) is 0 Å². The van der Waals surface area contributed by atoms with Crippen LogP contribution in [0.1, 0.15) is 22.7 Å². The van der Waals surface area contributed by atoms with E-state index in [1.807, 2.05) is 18.2 Å². The second-order valence-electron chi connectivity index (χ2n) is 4.85. The second kappa shape index (κ2) is 5.23. The van der Waals surface area contributed by atoms with Crippen LogP contribution in [0.2, 0.25) is 0 Å². The van der Waals surface area contributed by atoms with Crippen LogP contribution >= 0.6 is 0 Å². The number of rotatable bonds is 3. The van der Waals surface area contributed by atoms with Crippen molar-refractivity contribution >= 4 is 5.69 Å². The van der Waals surface area contributed by atoms with Crippen LogP contribution < -0.4 is 10.6 Å². The summed E-state index contributed by atoms with van der Waals surface area (Å²) >= 11 is 0. The Bertz CT molecular complexity index is 518. The summed E-state index contributed by atoms with van der Waals surface area (Å²) in [5.74, 6) is 0. The van der Waals surface area contributed by atoms with E-state index < -0.39 is 0 Å². The molecule has 0 aliphatic carbocycles. The lowest BCUT2D eigenvalue weighted by molar-refractivity contribution is 0.862. The molecule has 0 radical (unpaired) electrons. The van der Waals surface area contributed by atoms with E-state index in [-0.39, 0.29) is 6.04 Å². The van der Waals surface area contributed by atoms with Crippen LogP contribution in [0.25, 0.3) is 0 Å². The molecule has 0 saturated carbocycles. The summed E-state index contributed by atoms with van der Waals surface area (Å²) in [6, 6.07) is 16.6. The van der Waals surface area contributed by atoms with E-state index in [1.54, 1.807) is 0 Å². The summed E-state index contributed by atoms with van der Waals surface area (Å²) in [6.07, 6.45) is 0. The van der Waals surface area contributed by atoms with Crippen molar-refractivity contribution in [3.8, 4) is 0 Å². The van der Waals surface area contributed by atoms with Gasteiger partial charge >= 0.3 is 0 Å². The van der Waals surface area contributed by atoms with Gasteiger partial charge in [0, 0.05) is 19.8 Å². The predicted octanol–water partition coefficient (Wildman–Crippen LogP) is 3.11. The minimum absolute atomic E-state index is 0.0794. The molecule has 0 aromatic heterocycles. The molecule has 1 atom stereocenters. The van der Waals surface area contributed by atoms with Crippen molar-refractivity contribution in [1.29, 1.82) is 0 Å². The molecule has 0 amide bonds. The molecule has 1 unspecified atom stereocenters. The average Bonchev–Trinajstić information content (AvgIpc) is 2.39. The van der Waals surface area contributed by atoms with Crippen molar-refractivity contribution in [1.82, 2.24) is 0 Å². The van der Waals surface area contributed by atoms with Crippen molar-refractivity contribution in [2.24, 2.45) is 5.73 Å². The summed E-state index contributed by atoms with van der Waals surface area (Å²) in [5.41, 5.74) is 11.1. The van der Waals surface area contributed by atoms with Gasteiger partial charge in [0.2, 0.25) is 0 Å². The van der Waals surface area contributed by atoms with E-state index in [4.69, 9.17) is 5.73 Å². The van der Waals surface area contributed by atoms with E-state index in [0.29, 0.717) is 0 Å². The van der Waals surface area contributed by atoms with Crippen LogP contribution in [0.3, 0.4) is 0 Å². The summed E-state index contributed by atoms with van der Waals surface area (Å²) < 4.78 is 0. The average molecular weight is 240 g/mol. The van der Waals surface area contributed by atoms with Crippen LogP contribution in [0, 0.1) is 6.92 Å². The highest BCUT2D eigenvalue weighted by Gasteiger charge is 2.14. The molecule has 0 bridgehead atoms. The lowest BCUT2D eigenvalue weighted by Crippen LogP contribution is -2.18. The maximum atomic E-state index is 6.38. The normalized spacial score (nSPS) is 12.2. The summed E-state index contributed by atoms with van der Waals surface area (Å²) in [7, 11) is 4.10. The monoisotopic (exact) mass is 240 g/mol. The summed E-state index contributed by atoms with van der Waals surface area (Å²) in [4.78, 5) is 2.12. The van der Waals surface area contributed by atoms with Crippen molar-refractivity contribution in [3.63, 3.8) is 0 Å². The van der Waals surface area contributed by atoms with Crippen LogP contribution in [-0.4, -0.2) is 14.1 Å². The van der Waals surface area contributed by atoms with Gasteiger partial charge in [-0.15, -0.1) is 0 Å². The topological polar surface area (TPSA) is 29.3 Å². The number of hydrogen-bond acceptors (Lipinski definition) is 2. The van der Waals surface area contributed by atoms with Crippen molar-refractivity contribution in [2.45, 2.75) is 13.0 Å². The maximum Gasteiger partial charge on any atom is 0.0572 e. The highest BCUT2D eigenvalue weighted by molar-refractivity contribution is 5.57. The number of hydrogen-bond donors (Lipinski definition) is 1. The fourth-order valence-corrected chi connectivity index (χ4v) is 2.14. The van der Waals surface area contributed by atoms with E-state index >= 15 is 0 Å². The van der Waals surface area contributed by atoms with Gasteiger partial charge in [-0.2, -0.15) is 0 Å². The Balaban J connectivity index is 2.45. The van der Waals surface area contributed by atoms with E-state index in [1.165, 1.54) is 11.3 Å². The minimum atomic E-state index is -0.0794. The SMILES string of the molecule is Cc1ccc(C(N)c2ccccc2)c(N(C)C)c1. The van der Waals surface area contributed by atoms with Crippen molar-refractivity contribution < 1.29 is 0 Å². The van der Waals surface area contributed by atoms with E-state index in [2.05, 4.69) is 56.3 Å². The Hall–Kier alpha value is -1.80. The molecule has 0 fully saturated rings. The zero-order valence-corrected chi connectivity index (χ0v) is 11.2. The standard InChI is InChI=1S/C16H20N2/c1-12-9-10-14(15(11-12)18(2)3)16(17)13-7-5-4-6-8-13/h4-11,16H,17H2,1-3H3. The molecule has 0 heterocycles. The number of nitrogens with zero attached hydrogens (tertiary/aromatic N) is 1. The number of nitrogens with two attached hydrogens (primary N) is 1. The Morgan fingerprint density at radius 1 is 1.00 bits per heavy atom. The number of benzene rings is 2.